The molecule has 3 aromatic rings. The summed E-state index contributed by atoms with van der Waals surface area (Å²) >= 11 is 0. The van der Waals surface area contributed by atoms with Crippen LogP contribution in [0, 0.1) is 6.92 Å². The Hall–Kier alpha value is -3.34. The number of hydrogen-bond acceptors (Lipinski definition) is 4. The number of pyridine rings is 1. The zero-order valence-electron chi connectivity index (χ0n) is 15.5. The van der Waals surface area contributed by atoms with Crippen LogP contribution < -0.4 is 15.4 Å². The van der Waals surface area contributed by atoms with Crippen LogP contribution >= 0.6 is 0 Å². The molecule has 3 rings (SSSR count). The lowest BCUT2D eigenvalue weighted by molar-refractivity contribution is 0.102. The van der Waals surface area contributed by atoms with Gasteiger partial charge in [0.25, 0.3) is 5.91 Å². The van der Waals surface area contributed by atoms with Crippen molar-refractivity contribution in [3.63, 3.8) is 0 Å². The van der Waals surface area contributed by atoms with Gasteiger partial charge in [0.15, 0.2) is 0 Å². The zero-order chi connectivity index (χ0) is 19.1. The summed E-state index contributed by atoms with van der Waals surface area (Å²) in [5.41, 5.74) is 4.43. The number of rotatable bonds is 7. The lowest BCUT2D eigenvalue weighted by Crippen LogP contribution is -2.13. The fraction of sp³-hybridized carbons (Fsp3) is 0.182. The summed E-state index contributed by atoms with van der Waals surface area (Å²) in [5, 5.41) is 6.20. The maximum absolute atomic E-state index is 12.4. The predicted molar refractivity (Wildman–Crippen MR) is 109 cm³/mol. The summed E-state index contributed by atoms with van der Waals surface area (Å²) in [7, 11) is 1.66. The van der Waals surface area contributed by atoms with Gasteiger partial charge >= 0.3 is 0 Å². The van der Waals surface area contributed by atoms with Gasteiger partial charge in [-0.15, -0.1) is 0 Å². The molecule has 0 aliphatic heterocycles. The van der Waals surface area contributed by atoms with Crippen molar-refractivity contribution in [1.82, 2.24) is 4.98 Å². The van der Waals surface area contributed by atoms with Gasteiger partial charge in [0.05, 0.1) is 18.4 Å². The number of nitrogens with one attached hydrogen (secondary N) is 2. The minimum atomic E-state index is -0.178. The van der Waals surface area contributed by atoms with Gasteiger partial charge in [-0.1, -0.05) is 29.8 Å². The summed E-state index contributed by atoms with van der Waals surface area (Å²) in [6, 6.07) is 17.5. The normalized spacial score (nSPS) is 10.3. The first kappa shape index (κ1) is 18.5. The first-order valence-electron chi connectivity index (χ1n) is 8.84. The number of amides is 1. The molecule has 2 N–H and O–H groups in total. The van der Waals surface area contributed by atoms with Crippen molar-refractivity contribution in [2.24, 2.45) is 0 Å². The second kappa shape index (κ2) is 8.85. The fourth-order valence-corrected chi connectivity index (χ4v) is 2.68. The number of nitrogens with zero attached hydrogens (tertiary/aromatic N) is 1. The van der Waals surface area contributed by atoms with Gasteiger partial charge in [0.2, 0.25) is 0 Å². The summed E-state index contributed by atoms with van der Waals surface area (Å²) in [6.45, 7) is 2.74. The SMILES string of the molecule is COc1cccc(CCNc2cncc(C(=O)Nc3ccc(C)cc3)c2)c1. The smallest absolute Gasteiger partial charge is 0.257 e. The first-order chi connectivity index (χ1) is 13.1. The van der Waals surface area contributed by atoms with E-state index in [1.54, 1.807) is 19.5 Å². The molecule has 0 atom stereocenters. The highest BCUT2D eigenvalue weighted by molar-refractivity contribution is 6.04. The molecule has 5 heteroatoms. The molecule has 0 fully saturated rings. The Bertz CT molecular complexity index is 907. The van der Waals surface area contributed by atoms with Crippen molar-refractivity contribution in [3.05, 3.63) is 83.7 Å². The van der Waals surface area contributed by atoms with Gasteiger partial charge in [-0.2, -0.15) is 0 Å². The zero-order valence-corrected chi connectivity index (χ0v) is 15.5. The summed E-state index contributed by atoms with van der Waals surface area (Å²) < 4.78 is 5.24. The molecule has 2 aromatic carbocycles. The van der Waals surface area contributed by atoms with Gasteiger partial charge in [-0.25, -0.2) is 0 Å². The van der Waals surface area contributed by atoms with Crippen molar-refractivity contribution in [3.8, 4) is 5.75 Å². The number of methoxy groups -OCH3 is 1. The number of carbonyl (C=O) groups excluding carboxylic acids is 1. The molecular formula is C22H23N3O2. The Kier molecular flexibility index (Phi) is 6.05. The molecule has 1 amide bonds. The first-order valence-corrected chi connectivity index (χ1v) is 8.84. The Balaban J connectivity index is 1.57. The molecule has 1 heterocycles. The van der Waals surface area contributed by atoms with Crippen molar-refractivity contribution < 1.29 is 9.53 Å². The minimum absolute atomic E-state index is 0.178. The Labute approximate surface area is 159 Å². The summed E-state index contributed by atoms with van der Waals surface area (Å²) in [4.78, 5) is 16.6. The molecule has 0 aliphatic rings. The Morgan fingerprint density at radius 1 is 1.04 bits per heavy atom. The van der Waals surface area contributed by atoms with Crippen LogP contribution in [-0.2, 0) is 6.42 Å². The van der Waals surface area contributed by atoms with E-state index in [0.717, 1.165) is 35.7 Å². The van der Waals surface area contributed by atoms with Gasteiger partial charge < -0.3 is 15.4 Å². The van der Waals surface area contributed by atoms with E-state index < -0.39 is 0 Å². The van der Waals surface area contributed by atoms with Crippen molar-refractivity contribution in [2.45, 2.75) is 13.3 Å². The van der Waals surface area contributed by atoms with E-state index in [1.165, 1.54) is 5.56 Å². The molecule has 0 unspecified atom stereocenters. The van der Waals surface area contributed by atoms with Gasteiger partial charge in [-0.3, -0.25) is 9.78 Å². The van der Waals surface area contributed by atoms with Gasteiger partial charge in [0.1, 0.15) is 5.75 Å². The van der Waals surface area contributed by atoms with E-state index in [9.17, 15) is 4.79 Å². The number of aromatic nitrogens is 1. The molecule has 27 heavy (non-hydrogen) atoms. The van der Waals surface area contributed by atoms with Crippen LogP contribution in [0.1, 0.15) is 21.5 Å². The second-order valence-electron chi connectivity index (χ2n) is 6.31. The van der Waals surface area contributed by atoms with Crippen LogP contribution in [0.3, 0.4) is 0 Å². The van der Waals surface area contributed by atoms with E-state index in [0.29, 0.717) is 5.56 Å². The second-order valence-corrected chi connectivity index (χ2v) is 6.31. The lowest BCUT2D eigenvalue weighted by atomic mass is 10.1. The molecule has 0 radical (unpaired) electrons. The molecule has 138 valence electrons. The van der Waals surface area contributed by atoms with Gasteiger partial charge in [-0.05, 0) is 49.2 Å². The van der Waals surface area contributed by atoms with Gasteiger partial charge in [0, 0.05) is 24.6 Å². The molecule has 0 aliphatic carbocycles. The van der Waals surface area contributed by atoms with Crippen molar-refractivity contribution in [1.29, 1.82) is 0 Å². The van der Waals surface area contributed by atoms with Crippen LogP contribution in [0.5, 0.6) is 5.75 Å². The minimum Gasteiger partial charge on any atom is -0.497 e. The highest BCUT2D eigenvalue weighted by Gasteiger charge is 2.07. The average Bonchev–Trinajstić information content (AvgIpc) is 2.70. The fourth-order valence-electron chi connectivity index (χ4n) is 2.68. The number of carbonyl (C=O) groups is 1. The van der Waals surface area contributed by atoms with Crippen LogP contribution in [0.25, 0.3) is 0 Å². The number of anilines is 2. The lowest BCUT2D eigenvalue weighted by Gasteiger charge is -2.09. The highest BCUT2D eigenvalue weighted by Crippen LogP contribution is 2.15. The molecular weight excluding hydrogens is 338 g/mol. The Morgan fingerprint density at radius 3 is 2.63 bits per heavy atom. The van der Waals surface area contributed by atoms with E-state index in [4.69, 9.17) is 4.74 Å². The molecule has 0 saturated heterocycles. The van der Waals surface area contributed by atoms with E-state index in [2.05, 4.69) is 21.7 Å². The topological polar surface area (TPSA) is 63.2 Å². The molecule has 5 nitrogen and oxygen atoms in total. The van der Waals surface area contributed by atoms with E-state index in [1.807, 2.05) is 55.5 Å². The number of benzene rings is 2. The monoisotopic (exact) mass is 361 g/mol. The van der Waals surface area contributed by atoms with Crippen LogP contribution in [-0.4, -0.2) is 24.5 Å². The molecule has 0 bridgehead atoms. The summed E-state index contributed by atoms with van der Waals surface area (Å²) in [6.07, 6.45) is 4.13. The van der Waals surface area contributed by atoms with Crippen LogP contribution in [0.2, 0.25) is 0 Å². The highest BCUT2D eigenvalue weighted by atomic mass is 16.5. The molecule has 0 spiro atoms. The van der Waals surface area contributed by atoms with Crippen molar-refractivity contribution in [2.75, 3.05) is 24.3 Å². The van der Waals surface area contributed by atoms with Crippen LogP contribution in [0.4, 0.5) is 11.4 Å². The maximum atomic E-state index is 12.4. The quantitative estimate of drug-likeness (QED) is 0.658. The largest absolute Gasteiger partial charge is 0.497 e. The average molecular weight is 361 g/mol. The maximum Gasteiger partial charge on any atom is 0.257 e. The van der Waals surface area contributed by atoms with E-state index in [-0.39, 0.29) is 5.91 Å². The van der Waals surface area contributed by atoms with Crippen LogP contribution in [0.15, 0.2) is 67.0 Å². The number of hydrogen-bond donors (Lipinski definition) is 2. The third kappa shape index (κ3) is 5.31. The third-order valence-corrected chi connectivity index (χ3v) is 4.19. The standard InChI is InChI=1S/C22H23N3O2/c1-16-6-8-19(9-7-16)25-22(26)18-13-20(15-23-14-18)24-11-10-17-4-3-5-21(12-17)27-2/h3-9,12-15,24H,10-11H2,1-2H3,(H,25,26). The van der Waals surface area contributed by atoms with Crippen molar-refractivity contribution >= 4 is 17.3 Å². The predicted octanol–water partition coefficient (Wildman–Crippen LogP) is 4.31. The number of ether oxygens (including phenoxy) is 1. The van der Waals surface area contributed by atoms with E-state index >= 15 is 0 Å². The number of aryl methyl sites for hydroxylation is 1. The molecule has 0 saturated carbocycles. The summed E-state index contributed by atoms with van der Waals surface area (Å²) in [5.74, 6) is 0.673. The Morgan fingerprint density at radius 2 is 1.85 bits per heavy atom. The molecule has 1 aromatic heterocycles. The third-order valence-electron chi connectivity index (χ3n) is 4.19.